The summed E-state index contributed by atoms with van der Waals surface area (Å²) in [5.41, 5.74) is 4.01. The van der Waals surface area contributed by atoms with Crippen LogP contribution in [0.3, 0.4) is 0 Å². The van der Waals surface area contributed by atoms with Crippen molar-refractivity contribution >= 4 is 16.9 Å². The summed E-state index contributed by atoms with van der Waals surface area (Å²) < 4.78 is 41.4. The average molecular weight is 439 g/mol. The van der Waals surface area contributed by atoms with Gasteiger partial charge in [0.2, 0.25) is 5.95 Å². The van der Waals surface area contributed by atoms with Gasteiger partial charge < -0.3 is 9.88 Å². The summed E-state index contributed by atoms with van der Waals surface area (Å²) in [6.07, 6.45) is 2.70. The molecule has 3 aromatic heterocycles. The van der Waals surface area contributed by atoms with Crippen molar-refractivity contribution in [2.75, 3.05) is 11.4 Å². The monoisotopic (exact) mass is 439 g/mol. The van der Waals surface area contributed by atoms with E-state index < -0.39 is 11.9 Å². The molecule has 1 aliphatic rings. The fraction of sp³-hybridized carbons (Fsp3) is 0.273. The third-order valence-corrected chi connectivity index (χ3v) is 5.53. The molecule has 0 aliphatic carbocycles. The lowest BCUT2D eigenvalue weighted by molar-refractivity contribution is -0.141. The van der Waals surface area contributed by atoms with E-state index in [0.717, 1.165) is 45.7 Å². The number of hydrogen-bond acceptors (Lipinski definition) is 5. The van der Waals surface area contributed by atoms with Crippen molar-refractivity contribution in [3.63, 3.8) is 0 Å². The first-order chi connectivity index (χ1) is 15.3. The third-order valence-electron chi connectivity index (χ3n) is 5.53. The molecular formula is C22H20F3N7. The predicted molar refractivity (Wildman–Crippen MR) is 113 cm³/mol. The van der Waals surface area contributed by atoms with Crippen molar-refractivity contribution in [3.8, 4) is 5.69 Å². The number of alkyl halides is 3. The van der Waals surface area contributed by atoms with Crippen molar-refractivity contribution < 1.29 is 13.2 Å². The number of anilines is 1. The van der Waals surface area contributed by atoms with E-state index in [4.69, 9.17) is 0 Å². The number of allylic oxidation sites excluding steroid dienone is 1. The quantitative estimate of drug-likeness (QED) is 0.471. The van der Waals surface area contributed by atoms with Gasteiger partial charge in [0.1, 0.15) is 5.69 Å². The maximum atomic E-state index is 13.2. The summed E-state index contributed by atoms with van der Waals surface area (Å²) in [7, 11) is 0. The summed E-state index contributed by atoms with van der Waals surface area (Å²) in [6, 6.07) is 6.56. The SMILES string of the molecule is CC(C)=C[C@H]1c2[nH]c3ccc(-n4ccnn4)cc3c2CCN1c1nccc(C(F)(F)F)n1. The van der Waals surface area contributed by atoms with Gasteiger partial charge in [0, 0.05) is 29.3 Å². The van der Waals surface area contributed by atoms with Crippen LogP contribution in [0.15, 0.2) is 54.5 Å². The lowest BCUT2D eigenvalue weighted by Gasteiger charge is -2.34. The minimum absolute atomic E-state index is 0.0648. The smallest absolute Gasteiger partial charge is 0.356 e. The van der Waals surface area contributed by atoms with Gasteiger partial charge in [0.25, 0.3) is 0 Å². The second kappa shape index (κ2) is 7.47. The molecule has 10 heteroatoms. The molecule has 1 aliphatic heterocycles. The first-order valence-corrected chi connectivity index (χ1v) is 10.1. The van der Waals surface area contributed by atoms with Crippen LogP contribution in [0.1, 0.15) is 36.8 Å². The highest BCUT2D eigenvalue weighted by atomic mass is 19.4. The Morgan fingerprint density at radius 2 is 2.03 bits per heavy atom. The van der Waals surface area contributed by atoms with Crippen LogP contribution >= 0.6 is 0 Å². The zero-order valence-corrected chi connectivity index (χ0v) is 17.4. The van der Waals surface area contributed by atoms with E-state index in [0.29, 0.717) is 13.0 Å². The van der Waals surface area contributed by atoms with Gasteiger partial charge in [-0.1, -0.05) is 16.9 Å². The molecular weight excluding hydrogens is 419 g/mol. The normalized spacial score (nSPS) is 16.3. The maximum absolute atomic E-state index is 13.2. The highest BCUT2D eigenvalue weighted by Gasteiger charge is 2.35. The number of aromatic amines is 1. The Labute approximate surface area is 181 Å². The zero-order valence-electron chi connectivity index (χ0n) is 17.4. The first kappa shape index (κ1) is 20.2. The molecule has 1 N–H and O–H groups in total. The molecule has 0 fully saturated rings. The molecule has 0 unspecified atom stereocenters. The van der Waals surface area contributed by atoms with Gasteiger partial charge in [-0.3, -0.25) is 0 Å². The van der Waals surface area contributed by atoms with E-state index in [-0.39, 0.29) is 12.0 Å². The topological polar surface area (TPSA) is 75.5 Å². The van der Waals surface area contributed by atoms with Gasteiger partial charge in [-0.2, -0.15) is 13.2 Å². The van der Waals surface area contributed by atoms with Gasteiger partial charge in [-0.15, -0.1) is 5.10 Å². The van der Waals surface area contributed by atoms with Crippen LogP contribution < -0.4 is 4.90 Å². The highest BCUT2D eigenvalue weighted by molar-refractivity contribution is 5.87. The third kappa shape index (κ3) is 3.51. The van der Waals surface area contributed by atoms with Crippen LogP contribution in [0, 0.1) is 0 Å². The lowest BCUT2D eigenvalue weighted by atomic mass is 9.96. The number of fused-ring (bicyclic) bond motifs is 3. The molecule has 0 radical (unpaired) electrons. The van der Waals surface area contributed by atoms with Crippen LogP contribution in [-0.2, 0) is 12.6 Å². The molecule has 0 spiro atoms. The van der Waals surface area contributed by atoms with E-state index >= 15 is 0 Å². The second-order valence-corrected chi connectivity index (χ2v) is 7.97. The van der Waals surface area contributed by atoms with Crippen LogP contribution in [0.4, 0.5) is 19.1 Å². The number of nitrogens with zero attached hydrogens (tertiary/aromatic N) is 6. The number of rotatable bonds is 3. The first-order valence-electron chi connectivity index (χ1n) is 10.1. The van der Waals surface area contributed by atoms with Gasteiger partial charge >= 0.3 is 6.18 Å². The molecule has 5 rings (SSSR count). The fourth-order valence-electron chi connectivity index (χ4n) is 4.15. The lowest BCUT2D eigenvalue weighted by Crippen LogP contribution is -2.36. The second-order valence-electron chi connectivity index (χ2n) is 7.97. The molecule has 4 aromatic rings. The van der Waals surface area contributed by atoms with E-state index in [9.17, 15) is 13.2 Å². The molecule has 7 nitrogen and oxygen atoms in total. The number of H-pyrrole nitrogens is 1. The molecule has 0 amide bonds. The van der Waals surface area contributed by atoms with Crippen molar-refractivity contribution in [2.24, 2.45) is 0 Å². The molecule has 1 aromatic carbocycles. The zero-order chi connectivity index (χ0) is 22.5. The Morgan fingerprint density at radius 3 is 2.75 bits per heavy atom. The number of hydrogen-bond donors (Lipinski definition) is 1. The largest absolute Gasteiger partial charge is 0.433 e. The molecule has 4 heterocycles. The number of aromatic nitrogens is 6. The summed E-state index contributed by atoms with van der Waals surface area (Å²) in [5, 5.41) is 8.98. The summed E-state index contributed by atoms with van der Waals surface area (Å²) in [6.45, 7) is 4.42. The minimum Gasteiger partial charge on any atom is -0.356 e. The van der Waals surface area contributed by atoms with Gasteiger partial charge in [-0.05, 0) is 50.1 Å². The Hall–Kier alpha value is -3.69. The van der Waals surface area contributed by atoms with Crippen molar-refractivity contribution in [2.45, 2.75) is 32.5 Å². The molecule has 32 heavy (non-hydrogen) atoms. The van der Waals surface area contributed by atoms with E-state index in [1.54, 1.807) is 17.1 Å². The van der Waals surface area contributed by atoms with E-state index in [1.165, 1.54) is 0 Å². The van der Waals surface area contributed by atoms with Gasteiger partial charge in [-0.25, -0.2) is 14.6 Å². The number of halogens is 3. The van der Waals surface area contributed by atoms with Crippen molar-refractivity contribution in [1.82, 2.24) is 29.9 Å². The summed E-state index contributed by atoms with van der Waals surface area (Å²) >= 11 is 0. The maximum Gasteiger partial charge on any atom is 0.433 e. The van der Waals surface area contributed by atoms with Crippen molar-refractivity contribution in [3.05, 3.63) is 71.5 Å². The fourth-order valence-corrected chi connectivity index (χ4v) is 4.15. The number of benzene rings is 1. The van der Waals surface area contributed by atoms with Crippen LogP contribution in [0.2, 0.25) is 0 Å². The standard InChI is InChI=1S/C22H20F3N7/c1-13(2)11-18-20-15(6-9-31(18)21-26-7-5-19(29-21)22(23,24)25)16-12-14(3-4-17(16)28-20)32-10-8-27-30-32/h3-5,7-8,10-12,18,28H,6,9H2,1-2H3/t18-/m0/s1. The molecule has 0 saturated carbocycles. The molecule has 0 bridgehead atoms. The Kier molecular flexibility index (Phi) is 4.72. The summed E-state index contributed by atoms with van der Waals surface area (Å²) in [5.74, 6) is 0.0648. The van der Waals surface area contributed by atoms with Crippen LogP contribution in [-0.4, -0.2) is 36.5 Å². The predicted octanol–water partition coefficient (Wildman–Crippen LogP) is 4.63. The van der Waals surface area contributed by atoms with Crippen LogP contribution in [0.5, 0.6) is 0 Å². The molecule has 164 valence electrons. The Bertz CT molecular complexity index is 1300. The van der Waals surface area contributed by atoms with Gasteiger partial charge in [0.15, 0.2) is 0 Å². The van der Waals surface area contributed by atoms with E-state index in [1.807, 2.05) is 37.0 Å². The van der Waals surface area contributed by atoms with Gasteiger partial charge in [0.05, 0.1) is 24.1 Å². The number of nitrogens with one attached hydrogen (secondary N) is 1. The Morgan fingerprint density at radius 1 is 1.19 bits per heavy atom. The average Bonchev–Trinajstić information content (AvgIpc) is 3.41. The molecule has 1 atom stereocenters. The van der Waals surface area contributed by atoms with E-state index in [2.05, 4.69) is 31.3 Å². The van der Waals surface area contributed by atoms with Crippen molar-refractivity contribution in [1.29, 1.82) is 0 Å². The molecule has 0 saturated heterocycles. The Balaban J connectivity index is 1.62. The minimum atomic E-state index is -4.52. The van der Waals surface area contributed by atoms with Crippen LogP contribution in [0.25, 0.3) is 16.6 Å². The highest BCUT2D eigenvalue weighted by Crippen LogP contribution is 2.38. The summed E-state index contributed by atoms with van der Waals surface area (Å²) in [4.78, 5) is 13.3.